The van der Waals surface area contributed by atoms with Gasteiger partial charge in [0.15, 0.2) is 5.82 Å². The molecule has 100 valence electrons. The number of hydrogen-bond donors (Lipinski definition) is 3. The first-order valence-corrected chi connectivity index (χ1v) is 5.77. The molecule has 0 atom stereocenters. The highest BCUT2D eigenvalue weighted by molar-refractivity contribution is 6.34. The van der Waals surface area contributed by atoms with E-state index in [0.717, 1.165) is 0 Å². The Hall–Kier alpha value is -2.28. The molecule has 0 spiro atoms. The van der Waals surface area contributed by atoms with Gasteiger partial charge < -0.3 is 21.3 Å². The zero-order chi connectivity index (χ0) is 14.0. The zero-order valence-corrected chi connectivity index (χ0v) is 10.9. The number of rotatable bonds is 4. The van der Waals surface area contributed by atoms with Crippen molar-refractivity contribution in [1.82, 2.24) is 10.1 Å². The number of amides is 1. The van der Waals surface area contributed by atoms with Crippen molar-refractivity contribution >= 4 is 28.9 Å². The van der Waals surface area contributed by atoms with Crippen molar-refractivity contribution in [2.24, 2.45) is 5.73 Å². The lowest BCUT2D eigenvalue weighted by molar-refractivity contribution is 0.100. The normalized spacial score (nSPS) is 10.4. The third-order valence-electron chi connectivity index (χ3n) is 2.37. The highest BCUT2D eigenvalue weighted by Crippen LogP contribution is 2.29. The first-order chi connectivity index (χ1) is 8.97. The van der Waals surface area contributed by atoms with E-state index in [1.54, 1.807) is 6.92 Å². The second kappa shape index (κ2) is 5.15. The number of nitrogen functional groups attached to an aromatic ring is 1. The molecule has 19 heavy (non-hydrogen) atoms. The van der Waals surface area contributed by atoms with Crippen LogP contribution >= 0.6 is 11.6 Å². The Morgan fingerprint density at radius 3 is 2.84 bits per heavy atom. The number of carbonyl (C=O) groups is 1. The summed E-state index contributed by atoms with van der Waals surface area (Å²) in [5.41, 5.74) is 11.9. The molecule has 7 nitrogen and oxygen atoms in total. The van der Waals surface area contributed by atoms with Gasteiger partial charge in [0.25, 0.3) is 5.91 Å². The molecule has 0 unspecified atom stereocenters. The predicted molar refractivity (Wildman–Crippen MR) is 70.7 cm³/mol. The van der Waals surface area contributed by atoms with Gasteiger partial charge in [-0.05, 0) is 12.1 Å². The fourth-order valence-corrected chi connectivity index (χ4v) is 1.88. The van der Waals surface area contributed by atoms with Crippen LogP contribution in [0.15, 0.2) is 16.7 Å². The van der Waals surface area contributed by atoms with Gasteiger partial charge in [0.1, 0.15) is 0 Å². The molecule has 5 N–H and O–H groups in total. The number of hydrogen-bond acceptors (Lipinski definition) is 6. The summed E-state index contributed by atoms with van der Waals surface area (Å²) in [5, 5.41) is 6.97. The first-order valence-electron chi connectivity index (χ1n) is 5.39. The molecule has 1 heterocycles. The summed E-state index contributed by atoms with van der Waals surface area (Å²) >= 11 is 6.04. The molecule has 8 heteroatoms. The van der Waals surface area contributed by atoms with Crippen molar-refractivity contribution in [2.45, 2.75) is 13.5 Å². The molecule has 2 rings (SSSR count). The molecule has 0 saturated heterocycles. The molecular weight excluding hydrogens is 270 g/mol. The van der Waals surface area contributed by atoms with Crippen LogP contribution in [0.1, 0.15) is 22.1 Å². The SMILES string of the molecule is Cc1nc(CNc2c(Cl)cc(N)cc2C(N)=O)no1. The van der Waals surface area contributed by atoms with E-state index in [4.69, 9.17) is 27.6 Å². The predicted octanol–water partition coefficient (Wildman–Crippen LogP) is 1.32. The number of carbonyl (C=O) groups excluding carboxylic acids is 1. The van der Waals surface area contributed by atoms with Gasteiger partial charge in [0.05, 0.1) is 22.8 Å². The minimum atomic E-state index is -0.624. The Kier molecular flexibility index (Phi) is 3.57. The summed E-state index contributed by atoms with van der Waals surface area (Å²) in [6, 6.07) is 2.98. The van der Waals surface area contributed by atoms with E-state index in [1.807, 2.05) is 0 Å². The Morgan fingerprint density at radius 1 is 1.53 bits per heavy atom. The van der Waals surface area contributed by atoms with Gasteiger partial charge in [-0.3, -0.25) is 4.79 Å². The second-order valence-corrected chi connectivity index (χ2v) is 4.28. The maximum absolute atomic E-state index is 11.4. The Bertz CT molecular complexity index is 626. The van der Waals surface area contributed by atoms with Crippen molar-refractivity contribution in [3.8, 4) is 0 Å². The third kappa shape index (κ3) is 2.94. The number of aromatic nitrogens is 2. The highest BCUT2D eigenvalue weighted by Gasteiger charge is 2.14. The second-order valence-electron chi connectivity index (χ2n) is 3.87. The van der Waals surface area contributed by atoms with Crippen LogP contribution in [-0.2, 0) is 6.54 Å². The first kappa shape index (κ1) is 13.2. The topological polar surface area (TPSA) is 120 Å². The lowest BCUT2D eigenvalue weighted by Gasteiger charge is -2.11. The molecule has 0 radical (unpaired) electrons. The van der Waals surface area contributed by atoms with Gasteiger partial charge in [-0.15, -0.1) is 0 Å². The lowest BCUT2D eigenvalue weighted by Crippen LogP contribution is -2.15. The quantitative estimate of drug-likeness (QED) is 0.727. The summed E-state index contributed by atoms with van der Waals surface area (Å²) in [6.45, 7) is 1.93. The zero-order valence-electron chi connectivity index (χ0n) is 10.1. The number of benzene rings is 1. The van der Waals surface area contributed by atoms with Crippen molar-refractivity contribution in [3.05, 3.63) is 34.4 Å². The minimum absolute atomic E-state index is 0.213. The van der Waals surface area contributed by atoms with Crippen molar-refractivity contribution < 1.29 is 9.32 Å². The Balaban J connectivity index is 2.26. The maximum atomic E-state index is 11.4. The van der Waals surface area contributed by atoms with Crippen LogP contribution in [0.4, 0.5) is 11.4 Å². The number of aryl methyl sites for hydroxylation is 1. The van der Waals surface area contributed by atoms with Gasteiger partial charge in [0, 0.05) is 12.6 Å². The summed E-state index contributed by atoms with van der Waals surface area (Å²) in [7, 11) is 0. The average molecular weight is 282 g/mol. The van der Waals surface area contributed by atoms with Crippen LogP contribution in [0.25, 0.3) is 0 Å². The Morgan fingerprint density at radius 2 is 2.26 bits per heavy atom. The number of nitrogens with one attached hydrogen (secondary N) is 1. The fourth-order valence-electron chi connectivity index (χ4n) is 1.58. The third-order valence-corrected chi connectivity index (χ3v) is 2.67. The maximum Gasteiger partial charge on any atom is 0.250 e. The molecule has 1 aromatic heterocycles. The molecule has 1 aromatic carbocycles. The van der Waals surface area contributed by atoms with Gasteiger partial charge in [-0.2, -0.15) is 4.98 Å². The standard InChI is InChI=1S/C11H12ClN5O2/c1-5-16-9(17-19-5)4-15-10-7(11(14)18)2-6(13)3-8(10)12/h2-3,15H,4,13H2,1H3,(H2,14,18). The number of halogens is 1. The molecule has 1 amide bonds. The molecule has 2 aromatic rings. The Labute approximate surface area is 113 Å². The van der Waals surface area contributed by atoms with Gasteiger partial charge in [-0.25, -0.2) is 0 Å². The lowest BCUT2D eigenvalue weighted by atomic mass is 10.1. The largest absolute Gasteiger partial charge is 0.399 e. The van der Waals surface area contributed by atoms with Gasteiger partial charge >= 0.3 is 0 Å². The number of nitrogens with two attached hydrogens (primary N) is 2. The van der Waals surface area contributed by atoms with E-state index in [9.17, 15) is 4.79 Å². The summed E-state index contributed by atoms with van der Waals surface area (Å²) < 4.78 is 4.83. The van der Waals surface area contributed by atoms with Crippen LogP contribution in [0, 0.1) is 6.92 Å². The van der Waals surface area contributed by atoms with E-state index in [2.05, 4.69) is 15.5 Å². The number of anilines is 2. The average Bonchev–Trinajstić information content (AvgIpc) is 2.73. The highest BCUT2D eigenvalue weighted by atomic mass is 35.5. The number of primary amides is 1. The van der Waals surface area contributed by atoms with E-state index in [0.29, 0.717) is 28.1 Å². The van der Waals surface area contributed by atoms with Crippen molar-refractivity contribution in [2.75, 3.05) is 11.1 Å². The molecule has 0 aliphatic heterocycles. The van der Waals surface area contributed by atoms with Crippen molar-refractivity contribution in [3.63, 3.8) is 0 Å². The minimum Gasteiger partial charge on any atom is -0.399 e. The van der Waals surface area contributed by atoms with Gasteiger partial charge in [-0.1, -0.05) is 16.8 Å². The van der Waals surface area contributed by atoms with Crippen molar-refractivity contribution in [1.29, 1.82) is 0 Å². The van der Waals surface area contributed by atoms with E-state index in [-0.39, 0.29) is 12.1 Å². The van der Waals surface area contributed by atoms with Crippen LogP contribution in [0.3, 0.4) is 0 Å². The fraction of sp³-hybridized carbons (Fsp3) is 0.182. The van der Waals surface area contributed by atoms with Crippen LogP contribution < -0.4 is 16.8 Å². The van der Waals surface area contributed by atoms with E-state index < -0.39 is 5.91 Å². The summed E-state index contributed by atoms with van der Waals surface area (Å²) in [6.07, 6.45) is 0. The van der Waals surface area contributed by atoms with Crippen LogP contribution in [0.5, 0.6) is 0 Å². The van der Waals surface area contributed by atoms with Crippen LogP contribution in [0.2, 0.25) is 5.02 Å². The molecule has 0 aliphatic carbocycles. The smallest absolute Gasteiger partial charge is 0.250 e. The molecule has 0 fully saturated rings. The molecular formula is C11H12ClN5O2. The van der Waals surface area contributed by atoms with Gasteiger partial charge in [0.2, 0.25) is 5.89 Å². The molecule has 0 aliphatic rings. The summed E-state index contributed by atoms with van der Waals surface area (Å²) in [5.74, 6) is 0.275. The summed E-state index contributed by atoms with van der Waals surface area (Å²) in [4.78, 5) is 15.4. The molecule has 0 saturated carbocycles. The number of nitrogens with zero attached hydrogens (tertiary/aromatic N) is 2. The monoisotopic (exact) mass is 281 g/mol. The van der Waals surface area contributed by atoms with E-state index in [1.165, 1.54) is 12.1 Å². The van der Waals surface area contributed by atoms with Crippen LogP contribution in [-0.4, -0.2) is 16.0 Å². The van der Waals surface area contributed by atoms with E-state index >= 15 is 0 Å². The molecule has 0 bridgehead atoms.